The largest absolute Gasteiger partial charge is 0.454 e. The number of carbonyl (C=O) groups is 1. The first-order valence-electron chi connectivity index (χ1n) is 7.47. The summed E-state index contributed by atoms with van der Waals surface area (Å²) in [5, 5.41) is 0. The zero-order valence-electron chi connectivity index (χ0n) is 12.9. The number of carbonyl (C=O) groups excluding carboxylic acids is 1. The van der Waals surface area contributed by atoms with E-state index < -0.39 is 0 Å². The van der Waals surface area contributed by atoms with Gasteiger partial charge in [-0.1, -0.05) is 56.3 Å². The van der Waals surface area contributed by atoms with Gasteiger partial charge in [0.1, 0.15) is 6.10 Å². The first kappa shape index (κ1) is 15.3. The Morgan fingerprint density at radius 3 is 2.14 bits per heavy atom. The Bertz CT molecular complexity index is 572. The topological polar surface area (TPSA) is 26.3 Å². The van der Waals surface area contributed by atoms with E-state index in [1.54, 1.807) is 0 Å². The summed E-state index contributed by atoms with van der Waals surface area (Å²) < 4.78 is 5.51. The second-order valence-corrected chi connectivity index (χ2v) is 5.39. The van der Waals surface area contributed by atoms with Crippen LogP contribution in [0, 0.1) is 0 Å². The number of hydrogen-bond donors (Lipinski definition) is 0. The molecule has 0 aromatic heterocycles. The highest BCUT2D eigenvalue weighted by atomic mass is 16.5. The van der Waals surface area contributed by atoms with Gasteiger partial charge in [-0.25, -0.2) is 4.79 Å². The van der Waals surface area contributed by atoms with Crippen molar-refractivity contribution >= 4 is 5.97 Å². The molecule has 2 nitrogen and oxygen atoms in total. The minimum absolute atomic E-state index is 0.243. The van der Waals surface area contributed by atoms with Gasteiger partial charge in [0.15, 0.2) is 0 Å². The summed E-state index contributed by atoms with van der Waals surface area (Å²) in [7, 11) is 0. The fourth-order valence-corrected chi connectivity index (χ4v) is 2.20. The molecule has 0 saturated heterocycles. The van der Waals surface area contributed by atoms with Crippen LogP contribution in [-0.4, -0.2) is 5.97 Å². The molecule has 2 aromatic rings. The monoisotopic (exact) mass is 282 g/mol. The summed E-state index contributed by atoms with van der Waals surface area (Å²) in [4.78, 5) is 12.2. The van der Waals surface area contributed by atoms with Gasteiger partial charge in [-0.2, -0.15) is 0 Å². The van der Waals surface area contributed by atoms with Crippen molar-refractivity contribution in [3.63, 3.8) is 0 Å². The van der Waals surface area contributed by atoms with Crippen LogP contribution in [-0.2, 0) is 4.74 Å². The van der Waals surface area contributed by atoms with Crippen molar-refractivity contribution in [1.29, 1.82) is 0 Å². The van der Waals surface area contributed by atoms with Crippen molar-refractivity contribution in [2.45, 2.75) is 39.2 Å². The molecule has 2 unspecified atom stereocenters. The Morgan fingerprint density at radius 2 is 1.57 bits per heavy atom. The van der Waals surface area contributed by atoms with Gasteiger partial charge in [0.25, 0.3) is 0 Å². The lowest BCUT2D eigenvalue weighted by molar-refractivity contribution is 0.0338. The molecular weight excluding hydrogens is 260 g/mol. The average Bonchev–Trinajstić information content (AvgIpc) is 2.55. The second kappa shape index (κ2) is 7.07. The van der Waals surface area contributed by atoms with Crippen molar-refractivity contribution < 1.29 is 9.53 Å². The number of benzene rings is 2. The molecule has 2 aromatic carbocycles. The van der Waals surface area contributed by atoms with Crippen LogP contribution >= 0.6 is 0 Å². The predicted molar refractivity (Wildman–Crippen MR) is 85.4 cm³/mol. The summed E-state index contributed by atoms with van der Waals surface area (Å²) in [6.07, 6.45) is 0.849. The van der Waals surface area contributed by atoms with E-state index >= 15 is 0 Å². The molecule has 0 aliphatic carbocycles. The molecule has 0 N–H and O–H groups in total. The summed E-state index contributed by atoms with van der Waals surface area (Å²) in [5.74, 6) is 0.236. The van der Waals surface area contributed by atoms with E-state index in [-0.39, 0.29) is 12.1 Å². The fraction of sp³-hybridized carbons (Fsp3) is 0.316. The van der Waals surface area contributed by atoms with E-state index in [1.165, 1.54) is 5.56 Å². The third-order valence-corrected chi connectivity index (χ3v) is 3.88. The number of hydrogen-bond acceptors (Lipinski definition) is 2. The molecule has 0 spiro atoms. The zero-order valence-corrected chi connectivity index (χ0v) is 12.9. The van der Waals surface area contributed by atoms with Gasteiger partial charge in [-0.3, -0.25) is 0 Å². The van der Waals surface area contributed by atoms with Crippen LogP contribution in [0.3, 0.4) is 0 Å². The van der Waals surface area contributed by atoms with E-state index in [4.69, 9.17) is 4.74 Å². The Balaban J connectivity index is 2.03. The molecule has 0 saturated carbocycles. The maximum atomic E-state index is 12.2. The molecule has 110 valence electrons. The molecule has 0 fully saturated rings. The smallest absolute Gasteiger partial charge is 0.338 e. The quantitative estimate of drug-likeness (QED) is 0.712. The molecule has 0 radical (unpaired) electrons. The minimum atomic E-state index is -0.276. The second-order valence-electron chi connectivity index (χ2n) is 5.39. The van der Waals surface area contributed by atoms with Crippen LogP contribution in [0.5, 0.6) is 0 Å². The highest BCUT2D eigenvalue weighted by Gasteiger charge is 2.13. The molecule has 0 amide bonds. The SMILES string of the molecule is CCC(C)c1ccc(C(=O)OC(C)c2ccccc2)cc1. The van der Waals surface area contributed by atoms with E-state index in [0.29, 0.717) is 11.5 Å². The van der Waals surface area contributed by atoms with Gasteiger partial charge in [0.05, 0.1) is 5.56 Å². The summed E-state index contributed by atoms with van der Waals surface area (Å²) >= 11 is 0. The van der Waals surface area contributed by atoms with Gasteiger partial charge in [-0.05, 0) is 42.5 Å². The van der Waals surface area contributed by atoms with E-state index in [9.17, 15) is 4.79 Å². The van der Waals surface area contributed by atoms with Crippen LogP contribution in [0.2, 0.25) is 0 Å². The van der Waals surface area contributed by atoms with Crippen LogP contribution in [0.25, 0.3) is 0 Å². The van der Waals surface area contributed by atoms with Gasteiger partial charge < -0.3 is 4.74 Å². The average molecular weight is 282 g/mol. The number of esters is 1. The van der Waals surface area contributed by atoms with Crippen molar-refractivity contribution in [3.8, 4) is 0 Å². The van der Waals surface area contributed by atoms with Gasteiger partial charge in [0.2, 0.25) is 0 Å². The molecule has 0 aliphatic heterocycles. The standard InChI is InChI=1S/C19H22O2/c1-4-14(2)16-10-12-18(13-11-16)19(20)21-15(3)17-8-6-5-7-9-17/h5-15H,4H2,1-3H3. The minimum Gasteiger partial charge on any atom is -0.454 e. The normalized spacial score (nSPS) is 13.5. The zero-order chi connectivity index (χ0) is 15.2. The summed E-state index contributed by atoms with van der Waals surface area (Å²) in [5.41, 5.74) is 2.86. The molecule has 0 aliphatic rings. The van der Waals surface area contributed by atoms with Crippen molar-refractivity contribution in [2.24, 2.45) is 0 Å². The fourth-order valence-electron chi connectivity index (χ4n) is 2.20. The Morgan fingerprint density at radius 1 is 0.952 bits per heavy atom. The lowest BCUT2D eigenvalue weighted by Crippen LogP contribution is -2.09. The van der Waals surface area contributed by atoms with Gasteiger partial charge >= 0.3 is 5.97 Å². The number of ether oxygens (including phenoxy) is 1. The van der Waals surface area contributed by atoms with Crippen molar-refractivity contribution in [3.05, 3.63) is 71.3 Å². The van der Waals surface area contributed by atoms with Gasteiger partial charge in [0, 0.05) is 0 Å². The first-order valence-corrected chi connectivity index (χ1v) is 7.47. The van der Waals surface area contributed by atoms with E-state index in [1.807, 2.05) is 61.5 Å². The molecule has 0 bridgehead atoms. The molecule has 0 heterocycles. The molecular formula is C19H22O2. The van der Waals surface area contributed by atoms with Crippen molar-refractivity contribution in [2.75, 3.05) is 0 Å². The third-order valence-electron chi connectivity index (χ3n) is 3.88. The Labute approximate surface area is 126 Å². The highest BCUT2D eigenvalue weighted by molar-refractivity contribution is 5.89. The predicted octanol–water partition coefficient (Wildman–Crippen LogP) is 5.12. The Kier molecular flexibility index (Phi) is 5.15. The van der Waals surface area contributed by atoms with Gasteiger partial charge in [-0.15, -0.1) is 0 Å². The first-order chi connectivity index (χ1) is 10.1. The molecule has 21 heavy (non-hydrogen) atoms. The molecule has 2 heteroatoms. The Hall–Kier alpha value is -2.09. The summed E-state index contributed by atoms with van der Waals surface area (Å²) in [6.45, 7) is 6.24. The van der Waals surface area contributed by atoms with Crippen LogP contribution in [0.4, 0.5) is 0 Å². The van der Waals surface area contributed by atoms with Crippen LogP contribution in [0.15, 0.2) is 54.6 Å². The molecule has 2 rings (SSSR count). The maximum absolute atomic E-state index is 12.2. The lowest BCUT2D eigenvalue weighted by atomic mass is 9.98. The highest BCUT2D eigenvalue weighted by Crippen LogP contribution is 2.21. The summed E-state index contributed by atoms with van der Waals surface area (Å²) in [6, 6.07) is 17.5. The van der Waals surface area contributed by atoms with Crippen molar-refractivity contribution in [1.82, 2.24) is 0 Å². The lowest BCUT2D eigenvalue weighted by Gasteiger charge is -2.14. The maximum Gasteiger partial charge on any atom is 0.338 e. The number of rotatable bonds is 5. The van der Waals surface area contributed by atoms with Crippen LogP contribution in [0.1, 0.15) is 60.7 Å². The molecule has 2 atom stereocenters. The van der Waals surface area contributed by atoms with Crippen LogP contribution < -0.4 is 0 Å². The van der Waals surface area contributed by atoms with E-state index in [2.05, 4.69) is 13.8 Å². The third kappa shape index (κ3) is 3.94. The van der Waals surface area contributed by atoms with E-state index in [0.717, 1.165) is 12.0 Å².